The van der Waals surface area contributed by atoms with Gasteiger partial charge >= 0.3 is 5.97 Å². The first-order valence-electron chi connectivity index (χ1n) is 4.91. The van der Waals surface area contributed by atoms with E-state index in [1.165, 1.54) is 6.92 Å². The maximum Gasteiger partial charge on any atom is 0.307 e. The summed E-state index contributed by atoms with van der Waals surface area (Å²) in [7, 11) is -3.86. The summed E-state index contributed by atoms with van der Waals surface area (Å²) in [6, 6.07) is 3.14. The summed E-state index contributed by atoms with van der Waals surface area (Å²) in [5.41, 5.74) is 0. The molecule has 0 aliphatic heterocycles. The Morgan fingerprint density at radius 3 is 2.67 bits per heavy atom. The molecule has 1 atom stereocenters. The molecule has 0 heterocycles. The van der Waals surface area contributed by atoms with Crippen molar-refractivity contribution < 1.29 is 22.7 Å². The number of carboxylic acid groups (broad SMARTS) is 1. The van der Waals surface area contributed by atoms with Gasteiger partial charge in [0.15, 0.2) is 0 Å². The number of halogens is 2. The largest absolute Gasteiger partial charge is 0.481 e. The molecule has 2 N–H and O–H groups in total. The van der Waals surface area contributed by atoms with Gasteiger partial charge in [0.2, 0.25) is 10.0 Å². The van der Waals surface area contributed by atoms with Crippen LogP contribution in [0, 0.1) is 11.7 Å². The van der Waals surface area contributed by atoms with Gasteiger partial charge < -0.3 is 5.11 Å². The quantitative estimate of drug-likeness (QED) is 0.853. The van der Waals surface area contributed by atoms with E-state index >= 15 is 0 Å². The highest BCUT2D eigenvalue weighted by molar-refractivity contribution is 9.10. The summed E-state index contributed by atoms with van der Waals surface area (Å²) in [5, 5.41) is 8.65. The lowest BCUT2D eigenvalue weighted by Crippen LogP contribution is -2.31. The van der Waals surface area contributed by atoms with Crippen molar-refractivity contribution in [2.45, 2.75) is 11.8 Å². The molecule has 18 heavy (non-hydrogen) atoms. The van der Waals surface area contributed by atoms with Crippen LogP contribution >= 0.6 is 15.9 Å². The minimum Gasteiger partial charge on any atom is -0.481 e. The van der Waals surface area contributed by atoms with Crippen molar-refractivity contribution >= 4 is 31.9 Å². The molecule has 0 aromatic heterocycles. The molecule has 0 radical (unpaired) electrons. The number of hydrogen-bond donors (Lipinski definition) is 2. The molecule has 0 aliphatic carbocycles. The van der Waals surface area contributed by atoms with Crippen molar-refractivity contribution in [3.63, 3.8) is 0 Å². The first kappa shape index (κ1) is 15.1. The average Bonchev–Trinajstić information content (AvgIpc) is 2.25. The number of nitrogens with one attached hydrogen (secondary N) is 1. The predicted molar refractivity (Wildman–Crippen MR) is 66.1 cm³/mol. The second-order valence-corrected chi connectivity index (χ2v) is 6.26. The number of carboxylic acids is 1. The molecule has 5 nitrogen and oxygen atoms in total. The number of aliphatic carboxylic acids is 1. The molecule has 0 amide bonds. The Hall–Kier alpha value is -0.990. The average molecular weight is 340 g/mol. The smallest absolute Gasteiger partial charge is 0.307 e. The van der Waals surface area contributed by atoms with E-state index in [1.54, 1.807) is 0 Å². The van der Waals surface area contributed by atoms with Crippen LogP contribution < -0.4 is 4.72 Å². The Kier molecular flexibility index (Phi) is 4.83. The summed E-state index contributed by atoms with van der Waals surface area (Å²) in [6.45, 7) is 1.14. The van der Waals surface area contributed by atoms with Crippen LogP contribution in [0.25, 0.3) is 0 Å². The Bertz CT molecular complexity index is 561. The SMILES string of the molecule is CC(CNS(=O)(=O)c1ccc(F)cc1Br)C(=O)O. The molecule has 0 fully saturated rings. The van der Waals surface area contributed by atoms with E-state index in [1.807, 2.05) is 0 Å². The molecular weight excluding hydrogens is 329 g/mol. The van der Waals surface area contributed by atoms with Crippen molar-refractivity contribution in [2.24, 2.45) is 5.92 Å². The maximum absolute atomic E-state index is 12.8. The highest BCUT2D eigenvalue weighted by Gasteiger charge is 2.20. The number of carbonyl (C=O) groups is 1. The van der Waals surface area contributed by atoms with Crippen LogP contribution in [0.4, 0.5) is 4.39 Å². The summed E-state index contributed by atoms with van der Waals surface area (Å²) >= 11 is 2.94. The third-order valence-corrected chi connectivity index (χ3v) is 4.58. The molecule has 0 spiro atoms. The Balaban J connectivity index is 2.90. The molecule has 1 aromatic carbocycles. The number of rotatable bonds is 5. The van der Waals surface area contributed by atoms with Gasteiger partial charge in [-0.3, -0.25) is 4.79 Å². The first-order chi connectivity index (χ1) is 8.24. The van der Waals surface area contributed by atoms with Crippen LogP contribution in [-0.4, -0.2) is 26.0 Å². The van der Waals surface area contributed by atoms with E-state index in [2.05, 4.69) is 20.7 Å². The lowest BCUT2D eigenvalue weighted by atomic mass is 10.2. The van der Waals surface area contributed by atoms with Gasteiger partial charge in [-0.05, 0) is 34.1 Å². The van der Waals surface area contributed by atoms with Gasteiger partial charge in [-0.25, -0.2) is 17.5 Å². The van der Waals surface area contributed by atoms with E-state index in [4.69, 9.17) is 5.11 Å². The predicted octanol–water partition coefficient (Wildman–Crippen LogP) is 1.59. The number of benzene rings is 1. The van der Waals surface area contributed by atoms with Gasteiger partial charge in [0.25, 0.3) is 0 Å². The van der Waals surface area contributed by atoms with Crippen LogP contribution in [0.3, 0.4) is 0 Å². The zero-order chi connectivity index (χ0) is 13.9. The molecule has 0 bridgehead atoms. The van der Waals surface area contributed by atoms with Crippen molar-refractivity contribution in [3.8, 4) is 0 Å². The highest BCUT2D eigenvalue weighted by Crippen LogP contribution is 2.22. The molecule has 8 heteroatoms. The molecule has 1 aromatic rings. The topological polar surface area (TPSA) is 83.5 Å². The zero-order valence-electron chi connectivity index (χ0n) is 9.35. The Morgan fingerprint density at radius 2 is 2.17 bits per heavy atom. The van der Waals surface area contributed by atoms with E-state index in [-0.39, 0.29) is 15.9 Å². The van der Waals surface area contributed by atoms with E-state index in [9.17, 15) is 17.6 Å². The minimum absolute atomic E-state index is 0.0815. The normalized spacial score (nSPS) is 13.3. The van der Waals surface area contributed by atoms with E-state index in [0.29, 0.717) is 0 Å². The Labute approximate surface area is 112 Å². The zero-order valence-corrected chi connectivity index (χ0v) is 11.8. The standard InChI is InChI=1S/C10H11BrFNO4S/c1-6(10(14)15)5-13-18(16,17)9-3-2-7(12)4-8(9)11/h2-4,6,13H,5H2,1H3,(H,14,15). The molecule has 0 saturated heterocycles. The molecular formula is C10H11BrFNO4S. The van der Waals surface area contributed by atoms with E-state index < -0.39 is 27.7 Å². The van der Waals surface area contributed by atoms with Crippen molar-refractivity contribution in [1.82, 2.24) is 4.72 Å². The molecule has 0 saturated carbocycles. The molecule has 1 rings (SSSR count). The molecule has 0 aliphatic rings. The third kappa shape index (κ3) is 3.76. The van der Waals surface area contributed by atoms with Crippen LogP contribution in [0.2, 0.25) is 0 Å². The van der Waals surface area contributed by atoms with Gasteiger partial charge in [-0.15, -0.1) is 0 Å². The fourth-order valence-corrected chi connectivity index (χ4v) is 3.27. The van der Waals surface area contributed by atoms with Crippen molar-refractivity contribution in [1.29, 1.82) is 0 Å². The van der Waals surface area contributed by atoms with Gasteiger partial charge in [-0.1, -0.05) is 6.92 Å². The number of sulfonamides is 1. The van der Waals surface area contributed by atoms with Gasteiger partial charge in [0, 0.05) is 11.0 Å². The van der Waals surface area contributed by atoms with Gasteiger partial charge in [-0.2, -0.15) is 0 Å². The number of hydrogen-bond acceptors (Lipinski definition) is 3. The van der Waals surface area contributed by atoms with Crippen LogP contribution in [0.1, 0.15) is 6.92 Å². The first-order valence-corrected chi connectivity index (χ1v) is 7.19. The second kappa shape index (κ2) is 5.77. The molecule has 1 unspecified atom stereocenters. The second-order valence-electron chi connectivity index (χ2n) is 3.67. The lowest BCUT2D eigenvalue weighted by molar-refractivity contribution is -0.140. The van der Waals surface area contributed by atoms with Gasteiger partial charge in [0.1, 0.15) is 5.82 Å². The van der Waals surface area contributed by atoms with Crippen LogP contribution in [-0.2, 0) is 14.8 Å². The van der Waals surface area contributed by atoms with Crippen LogP contribution in [0.5, 0.6) is 0 Å². The maximum atomic E-state index is 12.8. The van der Waals surface area contributed by atoms with Crippen molar-refractivity contribution in [3.05, 3.63) is 28.5 Å². The van der Waals surface area contributed by atoms with Crippen LogP contribution in [0.15, 0.2) is 27.6 Å². The van der Waals surface area contributed by atoms with E-state index in [0.717, 1.165) is 18.2 Å². The summed E-state index contributed by atoms with van der Waals surface area (Å²) in [6.07, 6.45) is 0. The highest BCUT2D eigenvalue weighted by atomic mass is 79.9. The lowest BCUT2D eigenvalue weighted by Gasteiger charge is -2.10. The Morgan fingerprint density at radius 1 is 1.56 bits per heavy atom. The molecule has 100 valence electrons. The minimum atomic E-state index is -3.86. The monoisotopic (exact) mass is 339 g/mol. The fraction of sp³-hybridized carbons (Fsp3) is 0.300. The van der Waals surface area contributed by atoms with Gasteiger partial charge in [0.05, 0.1) is 10.8 Å². The van der Waals surface area contributed by atoms with Crippen molar-refractivity contribution in [2.75, 3.05) is 6.54 Å². The fourth-order valence-electron chi connectivity index (χ4n) is 1.09. The summed E-state index contributed by atoms with van der Waals surface area (Å²) < 4.78 is 38.7. The summed E-state index contributed by atoms with van der Waals surface area (Å²) in [5.74, 6) is -2.52. The third-order valence-electron chi connectivity index (χ3n) is 2.18. The summed E-state index contributed by atoms with van der Waals surface area (Å²) in [4.78, 5) is 10.4.